The second-order valence-electron chi connectivity index (χ2n) is 7.52. The molecule has 30 heavy (non-hydrogen) atoms. The lowest BCUT2D eigenvalue weighted by Gasteiger charge is -2.12. The molecule has 1 atom stereocenters. The fourth-order valence-corrected chi connectivity index (χ4v) is 3.66. The maximum Gasteiger partial charge on any atom is 0.506 e. The van der Waals surface area contributed by atoms with Gasteiger partial charge in [0.25, 0.3) is 0 Å². The lowest BCUT2D eigenvalue weighted by Crippen LogP contribution is -2.05. The average molecular weight is 401 g/mol. The van der Waals surface area contributed by atoms with Crippen molar-refractivity contribution < 1.29 is 14.6 Å². The molecule has 4 aromatic rings. The van der Waals surface area contributed by atoms with Gasteiger partial charge in [-0.2, -0.15) is 0 Å². The lowest BCUT2D eigenvalue weighted by molar-refractivity contribution is 0.0587. The van der Waals surface area contributed by atoms with Crippen LogP contribution in [0.5, 0.6) is 0 Å². The zero-order chi connectivity index (χ0) is 21.3. The molecule has 0 spiro atoms. The standard InChI is InChI=1S/C24H23N3O3/c1-14-3-10-19-20-12-17(13-26-22(20)23(25)27-21(19)11-14)5-4-16-6-8-18(9-7-16)15(2)30-24(28)29/h3,6-13,15H,4-5H2,1-2H3,(H2,25,27)(H,28,29). The Hall–Kier alpha value is -3.67. The van der Waals surface area contributed by atoms with Gasteiger partial charge in [0.2, 0.25) is 0 Å². The summed E-state index contributed by atoms with van der Waals surface area (Å²) < 4.78 is 4.79. The van der Waals surface area contributed by atoms with Gasteiger partial charge in [0.05, 0.1) is 5.52 Å². The lowest BCUT2D eigenvalue weighted by atomic mass is 10.0. The number of hydrogen-bond acceptors (Lipinski definition) is 5. The summed E-state index contributed by atoms with van der Waals surface area (Å²) in [6.07, 6.45) is 1.78. The molecule has 0 saturated carbocycles. The number of nitrogens with two attached hydrogens (primary N) is 1. The number of ether oxygens (including phenoxy) is 1. The first-order valence-electron chi connectivity index (χ1n) is 9.83. The molecule has 0 aliphatic rings. The molecule has 0 bridgehead atoms. The predicted molar refractivity (Wildman–Crippen MR) is 118 cm³/mol. The summed E-state index contributed by atoms with van der Waals surface area (Å²) in [4.78, 5) is 19.7. The van der Waals surface area contributed by atoms with Crippen molar-refractivity contribution in [3.63, 3.8) is 0 Å². The quantitative estimate of drug-likeness (QED) is 0.352. The van der Waals surface area contributed by atoms with Crippen LogP contribution in [-0.4, -0.2) is 21.2 Å². The molecular weight excluding hydrogens is 378 g/mol. The van der Waals surface area contributed by atoms with Gasteiger partial charge in [-0.3, -0.25) is 4.98 Å². The van der Waals surface area contributed by atoms with Crippen molar-refractivity contribution in [3.8, 4) is 0 Å². The highest BCUT2D eigenvalue weighted by molar-refractivity contribution is 6.08. The van der Waals surface area contributed by atoms with Gasteiger partial charge in [-0.25, -0.2) is 9.78 Å². The minimum absolute atomic E-state index is 0.447. The van der Waals surface area contributed by atoms with Crippen molar-refractivity contribution in [1.82, 2.24) is 9.97 Å². The molecule has 0 fully saturated rings. The third-order valence-electron chi connectivity index (χ3n) is 5.30. The number of carboxylic acid groups (broad SMARTS) is 1. The first-order valence-corrected chi connectivity index (χ1v) is 9.83. The number of aromatic nitrogens is 2. The predicted octanol–water partition coefficient (Wildman–Crippen LogP) is 5.21. The SMILES string of the molecule is Cc1ccc2c(c1)nc(N)c1ncc(CCc3ccc(C(C)OC(=O)O)cc3)cc12. The van der Waals surface area contributed by atoms with E-state index in [0.29, 0.717) is 5.82 Å². The summed E-state index contributed by atoms with van der Waals surface area (Å²) in [6, 6.07) is 16.2. The Kier molecular flexibility index (Phi) is 5.23. The van der Waals surface area contributed by atoms with E-state index in [1.54, 1.807) is 6.92 Å². The first-order chi connectivity index (χ1) is 14.4. The van der Waals surface area contributed by atoms with Crippen LogP contribution < -0.4 is 5.73 Å². The summed E-state index contributed by atoms with van der Waals surface area (Å²) >= 11 is 0. The van der Waals surface area contributed by atoms with Gasteiger partial charge in [0.15, 0.2) is 5.82 Å². The third kappa shape index (κ3) is 4.03. The van der Waals surface area contributed by atoms with Crippen molar-refractivity contribution in [1.29, 1.82) is 0 Å². The van der Waals surface area contributed by atoms with Crippen LogP contribution in [0, 0.1) is 6.92 Å². The third-order valence-corrected chi connectivity index (χ3v) is 5.30. The highest BCUT2D eigenvalue weighted by atomic mass is 16.7. The molecule has 0 radical (unpaired) electrons. The molecule has 152 valence electrons. The van der Waals surface area contributed by atoms with Crippen LogP contribution in [0.25, 0.3) is 21.8 Å². The number of aryl methyl sites for hydroxylation is 3. The Morgan fingerprint density at radius 1 is 1.07 bits per heavy atom. The molecule has 0 aliphatic carbocycles. The average Bonchev–Trinajstić information content (AvgIpc) is 2.72. The van der Waals surface area contributed by atoms with Crippen LogP contribution in [0.2, 0.25) is 0 Å². The Morgan fingerprint density at radius 3 is 2.53 bits per heavy atom. The van der Waals surface area contributed by atoms with Crippen LogP contribution in [0.3, 0.4) is 0 Å². The summed E-state index contributed by atoms with van der Waals surface area (Å²) in [5.41, 5.74) is 12.0. The van der Waals surface area contributed by atoms with Crippen LogP contribution in [0.4, 0.5) is 10.6 Å². The minimum Gasteiger partial charge on any atom is -0.450 e. The second kappa shape index (κ2) is 7.99. The number of nitrogen functional groups attached to an aromatic ring is 1. The van der Waals surface area contributed by atoms with Crippen LogP contribution >= 0.6 is 0 Å². The van der Waals surface area contributed by atoms with Crippen molar-refractivity contribution in [2.24, 2.45) is 0 Å². The van der Waals surface area contributed by atoms with Crippen LogP contribution in [0.15, 0.2) is 54.7 Å². The molecule has 0 saturated heterocycles. The second-order valence-corrected chi connectivity index (χ2v) is 7.52. The largest absolute Gasteiger partial charge is 0.506 e. The van der Waals surface area contributed by atoms with E-state index in [-0.39, 0.29) is 0 Å². The van der Waals surface area contributed by atoms with Crippen molar-refractivity contribution in [2.75, 3.05) is 5.73 Å². The van der Waals surface area contributed by atoms with E-state index in [0.717, 1.165) is 56.9 Å². The van der Waals surface area contributed by atoms with E-state index in [9.17, 15) is 4.79 Å². The molecule has 1 unspecified atom stereocenters. The highest BCUT2D eigenvalue weighted by Gasteiger charge is 2.11. The van der Waals surface area contributed by atoms with Gasteiger partial charge >= 0.3 is 6.16 Å². The monoisotopic (exact) mass is 401 g/mol. The number of anilines is 1. The Balaban J connectivity index is 1.56. The zero-order valence-corrected chi connectivity index (χ0v) is 16.9. The van der Waals surface area contributed by atoms with Gasteiger partial charge in [-0.1, -0.05) is 36.4 Å². The van der Waals surface area contributed by atoms with Crippen LogP contribution in [-0.2, 0) is 17.6 Å². The van der Waals surface area contributed by atoms with E-state index in [2.05, 4.69) is 28.2 Å². The Morgan fingerprint density at radius 2 is 1.80 bits per heavy atom. The minimum atomic E-state index is -1.27. The highest BCUT2D eigenvalue weighted by Crippen LogP contribution is 2.28. The van der Waals surface area contributed by atoms with Crippen molar-refractivity contribution >= 4 is 33.8 Å². The number of fused-ring (bicyclic) bond motifs is 3. The fourth-order valence-electron chi connectivity index (χ4n) is 3.66. The summed E-state index contributed by atoms with van der Waals surface area (Å²) in [7, 11) is 0. The topological polar surface area (TPSA) is 98.3 Å². The van der Waals surface area contributed by atoms with E-state index >= 15 is 0 Å². The van der Waals surface area contributed by atoms with E-state index in [1.165, 1.54) is 0 Å². The molecule has 2 aromatic heterocycles. The van der Waals surface area contributed by atoms with E-state index in [4.69, 9.17) is 15.6 Å². The Labute approximate surface area is 174 Å². The molecule has 6 heteroatoms. The molecular formula is C24H23N3O3. The molecule has 2 heterocycles. The van der Waals surface area contributed by atoms with Gasteiger partial charge in [0.1, 0.15) is 11.6 Å². The van der Waals surface area contributed by atoms with Gasteiger partial charge in [-0.05, 0) is 61.1 Å². The summed E-state index contributed by atoms with van der Waals surface area (Å²) in [6.45, 7) is 3.76. The summed E-state index contributed by atoms with van der Waals surface area (Å²) in [5, 5.41) is 10.8. The van der Waals surface area contributed by atoms with Gasteiger partial charge < -0.3 is 15.6 Å². The number of hydrogen-bond donors (Lipinski definition) is 2. The van der Waals surface area contributed by atoms with Gasteiger partial charge in [-0.15, -0.1) is 0 Å². The van der Waals surface area contributed by atoms with E-state index in [1.807, 2.05) is 43.5 Å². The zero-order valence-electron chi connectivity index (χ0n) is 16.9. The number of pyridine rings is 2. The Bertz CT molecular complexity index is 1240. The normalized spacial score (nSPS) is 12.2. The number of rotatable bonds is 5. The van der Waals surface area contributed by atoms with Crippen molar-refractivity contribution in [2.45, 2.75) is 32.8 Å². The molecule has 0 aliphatic heterocycles. The molecule has 2 aromatic carbocycles. The smallest absolute Gasteiger partial charge is 0.450 e. The number of carbonyl (C=O) groups is 1. The number of benzene rings is 2. The summed E-state index contributed by atoms with van der Waals surface area (Å²) in [5.74, 6) is 0.447. The first kappa shape index (κ1) is 19.6. The molecule has 0 amide bonds. The maximum atomic E-state index is 10.7. The maximum absolute atomic E-state index is 10.7. The number of nitrogens with zero attached hydrogens (tertiary/aromatic N) is 2. The molecule has 6 nitrogen and oxygen atoms in total. The van der Waals surface area contributed by atoms with E-state index < -0.39 is 12.3 Å². The van der Waals surface area contributed by atoms with Gasteiger partial charge in [0, 0.05) is 17.0 Å². The fraction of sp³-hybridized carbons (Fsp3) is 0.208. The molecule has 4 rings (SSSR count). The van der Waals surface area contributed by atoms with Crippen LogP contribution in [0.1, 0.15) is 35.3 Å². The molecule has 3 N–H and O–H groups in total. The van der Waals surface area contributed by atoms with Crippen molar-refractivity contribution in [3.05, 3.63) is 77.0 Å².